The normalized spacial score (nSPS) is 22.4. The van der Waals surface area contributed by atoms with Gasteiger partial charge < -0.3 is 10.6 Å². The Kier molecular flexibility index (Phi) is 7.87. The highest BCUT2D eigenvalue weighted by Crippen LogP contribution is 2.30. The van der Waals surface area contributed by atoms with Crippen LogP contribution in [0.4, 0.5) is 4.79 Å². The van der Waals surface area contributed by atoms with Gasteiger partial charge in [-0.15, -0.1) is 0 Å². The molecular weight excluding hydrogens is 406 g/mol. The molecule has 2 atom stereocenters. The van der Waals surface area contributed by atoms with E-state index in [1.165, 1.54) is 36.8 Å². The number of nitrogens with one attached hydrogen (secondary N) is 2. The van der Waals surface area contributed by atoms with E-state index in [0.29, 0.717) is 12.6 Å². The Labute approximate surface area is 191 Å². The second kappa shape index (κ2) is 11.0. The number of carbonyl (C=O) groups is 1. The van der Waals surface area contributed by atoms with E-state index in [-0.39, 0.29) is 12.1 Å². The van der Waals surface area contributed by atoms with Crippen molar-refractivity contribution in [1.29, 1.82) is 0 Å². The Morgan fingerprint density at radius 2 is 1.68 bits per heavy atom. The van der Waals surface area contributed by atoms with Crippen LogP contribution < -0.4 is 10.6 Å². The van der Waals surface area contributed by atoms with Crippen LogP contribution in [-0.2, 0) is 12.8 Å². The maximum atomic E-state index is 12.4. The highest BCUT2D eigenvalue weighted by atomic mass is 35.5. The first-order valence-electron chi connectivity index (χ1n) is 11.7. The van der Waals surface area contributed by atoms with E-state index < -0.39 is 0 Å². The molecule has 0 radical (unpaired) electrons. The van der Waals surface area contributed by atoms with Gasteiger partial charge in [0.2, 0.25) is 0 Å². The molecule has 0 aromatic heterocycles. The molecule has 1 heterocycles. The van der Waals surface area contributed by atoms with E-state index in [2.05, 4.69) is 39.8 Å². The third kappa shape index (κ3) is 6.47. The first kappa shape index (κ1) is 22.2. The van der Waals surface area contributed by atoms with Gasteiger partial charge in [0.05, 0.1) is 0 Å². The van der Waals surface area contributed by atoms with E-state index in [1.807, 2.05) is 30.3 Å². The van der Waals surface area contributed by atoms with Crippen molar-refractivity contribution < 1.29 is 4.79 Å². The van der Waals surface area contributed by atoms with Crippen LogP contribution in [0.1, 0.15) is 43.2 Å². The molecule has 0 spiro atoms. The maximum Gasteiger partial charge on any atom is 0.315 e. The van der Waals surface area contributed by atoms with Crippen LogP contribution in [-0.4, -0.2) is 42.6 Å². The SMILES string of the molecule is O=C(NCCc1ccccc1)N[C@@H]1CCC[C@H]1N1CCC(Cc2ccc(Cl)cc2)CC1. The monoisotopic (exact) mass is 439 g/mol. The van der Waals surface area contributed by atoms with Crippen molar-refractivity contribution >= 4 is 17.6 Å². The Morgan fingerprint density at radius 1 is 0.935 bits per heavy atom. The van der Waals surface area contributed by atoms with E-state index in [1.54, 1.807) is 0 Å². The number of halogens is 1. The third-order valence-electron chi connectivity index (χ3n) is 6.89. The van der Waals surface area contributed by atoms with Crippen molar-refractivity contribution in [3.63, 3.8) is 0 Å². The summed E-state index contributed by atoms with van der Waals surface area (Å²) in [6, 6.07) is 19.3. The smallest absolute Gasteiger partial charge is 0.315 e. The lowest BCUT2D eigenvalue weighted by Crippen LogP contribution is -2.53. The fourth-order valence-electron chi connectivity index (χ4n) is 5.17. The Balaban J connectivity index is 1.19. The van der Waals surface area contributed by atoms with Gasteiger partial charge in [0.15, 0.2) is 0 Å². The van der Waals surface area contributed by atoms with Crippen LogP contribution in [0, 0.1) is 5.92 Å². The van der Waals surface area contributed by atoms with Gasteiger partial charge in [-0.05, 0) is 87.2 Å². The van der Waals surface area contributed by atoms with Gasteiger partial charge >= 0.3 is 6.03 Å². The lowest BCUT2D eigenvalue weighted by Gasteiger charge is -2.38. The van der Waals surface area contributed by atoms with Crippen LogP contribution in [0.5, 0.6) is 0 Å². The molecule has 2 N–H and O–H groups in total. The van der Waals surface area contributed by atoms with Crippen molar-refractivity contribution in [3.8, 4) is 0 Å². The topological polar surface area (TPSA) is 44.4 Å². The molecule has 2 aromatic carbocycles. The standard InChI is InChI=1S/C26H34ClN3O/c27-23-11-9-21(10-12-23)19-22-14-17-30(18-15-22)25-8-4-7-24(25)29-26(31)28-16-13-20-5-2-1-3-6-20/h1-3,5-6,9-12,22,24-25H,4,7-8,13-19H2,(H2,28,29,31)/t24-,25-/m1/s1. The van der Waals surface area contributed by atoms with Gasteiger partial charge in [-0.25, -0.2) is 4.79 Å². The zero-order valence-corrected chi connectivity index (χ0v) is 19.0. The van der Waals surface area contributed by atoms with E-state index >= 15 is 0 Å². The zero-order valence-electron chi connectivity index (χ0n) is 18.2. The minimum absolute atomic E-state index is 0.0227. The predicted octanol–water partition coefficient (Wildman–Crippen LogP) is 5.06. The van der Waals surface area contributed by atoms with Crippen LogP contribution in [0.2, 0.25) is 5.02 Å². The summed E-state index contributed by atoms with van der Waals surface area (Å²) in [6.07, 6.45) is 7.94. The van der Waals surface area contributed by atoms with Crippen LogP contribution in [0.3, 0.4) is 0 Å². The summed E-state index contributed by atoms with van der Waals surface area (Å²) >= 11 is 6.01. The molecule has 1 saturated carbocycles. The van der Waals surface area contributed by atoms with Crippen LogP contribution >= 0.6 is 11.6 Å². The lowest BCUT2D eigenvalue weighted by atomic mass is 9.89. The molecule has 5 heteroatoms. The number of nitrogens with zero attached hydrogens (tertiary/aromatic N) is 1. The second-order valence-electron chi connectivity index (χ2n) is 9.05. The van der Waals surface area contributed by atoms with Gasteiger partial charge in [0.25, 0.3) is 0 Å². The van der Waals surface area contributed by atoms with Crippen molar-refractivity contribution in [2.45, 2.75) is 57.0 Å². The molecule has 4 rings (SSSR count). The Morgan fingerprint density at radius 3 is 2.42 bits per heavy atom. The minimum atomic E-state index is -0.0227. The van der Waals surface area contributed by atoms with Gasteiger partial charge in [0.1, 0.15) is 0 Å². The van der Waals surface area contributed by atoms with Gasteiger partial charge in [0, 0.05) is 23.7 Å². The average molecular weight is 440 g/mol. The second-order valence-corrected chi connectivity index (χ2v) is 9.49. The van der Waals surface area contributed by atoms with Gasteiger partial charge in [-0.1, -0.05) is 54.1 Å². The number of likely N-dealkylation sites (tertiary alicyclic amines) is 1. The largest absolute Gasteiger partial charge is 0.338 e. The molecule has 31 heavy (non-hydrogen) atoms. The molecule has 2 fully saturated rings. The van der Waals surface area contributed by atoms with Gasteiger partial charge in [-0.2, -0.15) is 0 Å². The number of rotatable bonds is 7. The van der Waals surface area contributed by atoms with Crippen LogP contribution in [0.15, 0.2) is 54.6 Å². The Bertz CT molecular complexity index is 818. The number of amides is 2. The number of carbonyl (C=O) groups excluding carboxylic acids is 1. The molecule has 166 valence electrons. The molecule has 2 aromatic rings. The molecule has 1 aliphatic heterocycles. The number of urea groups is 1. The average Bonchev–Trinajstić information content (AvgIpc) is 3.24. The Hall–Kier alpha value is -2.04. The summed E-state index contributed by atoms with van der Waals surface area (Å²) in [5.41, 5.74) is 2.64. The zero-order chi connectivity index (χ0) is 21.5. The number of hydrogen-bond acceptors (Lipinski definition) is 2. The molecular formula is C26H34ClN3O. The summed E-state index contributed by atoms with van der Waals surface area (Å²) in [6.45, 7) is 2.94. The van der Waals surface area contributed by atoms with Crippen molar-refractivity contribution in [1.82, 2.24) is 15.5 Å². The van der Waals surface area contributed by atoms with Crippen molar-refractivity contribution in [2.24, 2.45) is 5.92 Å². The third-order valence-corrected chi connectivity index (χ3v) is 7.15. The van der Waals surface area contributed by atoms with Crippen molar-refractivity contribution in [3.05, 3.63) is 70.7 Å². The molecule has 1 aliphatic carbocycles. The minimum Gasteiger partial charge on any atom is -0.338 e. The fourth-order valence-corrected chi connectivity index (χ4v) is 5.30. The summed E-state index contributed by atoms with van der Waals surface area (Å²) in [5, 5.41) is 7.11. The predicted molar refractivity (Wildman–Crippen MR) is 128 cm³/mol. The van der Waals surface area contributed by atoms with E-state index in [9.17, 15) is 4.79 Å². The number of hydrogen-bond donors (Lipinski definition) is 2. The first-order valence-corrected chi connectivity index (χ1v) is 12.1. The molecule has 0 unspecified atom stereocenters. The summed E-state index contributed by atoms with van der Waals surface area (Å²) in [7, 11) is 0. The summed E-state index contributed by atoms with van der Waals surface area (Å²) in [5.74, 6) is 0.742. The van der Waals surface area contributed by atoms with Crippen molar-refractivity contribution in [2.75, 3.05) is 19.6 Å². The van der Waals surface area contributed by atoms with E-state index in [4.69, 9.17) is 11.6 Å². The first-order chi connectivity index (χ1) is 15.2. The number of benzene rings is 2. The highest BCUT2D eigenvalue weighted by molar-refractivity contribution is 6.30. The molecule has 2 aliphatic rings. The summed E-state index contributed by atoms with van der Waals surface area (Å²) in [4.78, 5) is 15.1. The molecule has 1 saturated heterocycles. The molecule has 4 nitrogen and oxygen atoms in total. The quantitative estimate of drug-likeness (QED) is 0.633. The maximum absolute atomic E-state index is 12.4. The van der Waals surface area contributed by atoms with Gasteiger partial charge in [-0.3, -0.25) is 4.90 Å². The molecule has 2 amide bonds. The molecule has 0 bridgehead atoms. The lowest BCUT2D eigenvalue weighted by molar-refractivity contribution is 0.119. The van der Waals surface area contributed by atoms with E-state index in [0.717, 1.165) is 43.3 Å². The summed E-state index contributed by atoms with van der Waals surface area (Å²) < 4.78 is 0. The fraction of sp³-hybridized carbons (Fsp3) is 0.500. The number of piperidine rings is 1. The highest BCUT2D eigenvalue weighted by Gasteiger charge is 2.34. The van der Waals surface area contributed by atoms with Crippen LogP contribution in [0.25, 0.3) is 0 Å².